The van der Waals surface area contributed by atoms with Gasteiger partial charge in [0.15, 0.2) is 0 Å². The highest BCUT2D eigenvalue weighted by atomic mass is 16.5. The second-order valence-electron chi connectivity index (χ2n) is 6.40. The van der Waals surface area contributed by atoms with E-state index in [1.807, 2.05) is 24.3 Å². The van der Waals surface area contributed by atoms with E-state index >= 15 is 0 Å². The number of hydrogen-bond acceptors (Lipinski definition) is 2. The molecule has 0 spiro atoms. The van der Waals surface area contributed by atoms with Gasteiger partial charge in [0.1, 0.15) is 5.75 Å². The Morgan fingerprint density at radius 2 is 2.00 bits per heavy atom. The molecule has 1 fully saturated rings. The summed E-state index contributed by atoms with van der Waals surface area (Å²) in [4.78, 5) is 12.1. The molecule has 0 aromatic heterocycles. The molecule has 0 unspecified atom stereocenters. The summed E-state index contributed by atoms with van der Waals surface area (Å²) in [6.07, 6.45) is 9.72. The van der Waals surface area contributed by atoms with Gasteiger partial charge in [-0.05, 0) is 48.4 Å². The Kier molecular flexibility index (Phi) is 6.49. The molecular weight excluding hydrogens is 286 g/mol. The molecule has 0 atom stereocenters. The average molecular weight is 313 g/mol. The van der Waals surface area contributed by atoms with Crippen molar-refractivity contribution in [1.29, 1.82) is 0 Å². The number of nitrogens with one attached hydrogen (secondary N) is 1. The lowest BCUT2D eigenvalue weighted by Gasteiger charge is -2.34. The third-order valence-corrected chi connectivity index (χ3v) is 4.73. The maximum Gasteiger partial charge on any atom is 0.224 e. The van der Waals surface area contributed by atoms with Gasteiger partial charge in [-0.15, -0.1) is 5.73 Å². The molecule has 23 heavy (non-hydrogen) atoms. The van der Waals surface area contributed by atoms with Crippen LogP contribution in [0.3, 0.4) is 0 Å². The van der Waals surface area contributed by atoms with E-state index in [1.54, 1.807) is 7.11 Å². The highest BCUT2D eigenvalue weighted by Gasteiger charge is 2.28. The molecule has 3 nitrogen and oxygen atoms in total. The van der Waals surface area contributed by atoms with Gasteiger partial charge in [-0.3, -0.25) is 4.79 Å². The standard InChI is InChI=1S/C20H27NO2/c1-3-11-20(12-5-4-6-13-20)14-15-21-19(22)16-17-7-9-18(23-2)10-8-17/h7-11H,1,4-6,12-16H2,2H3,(H,21,22). The number of carbonyl (C=O) groups excluding carboxylic acids is 1. The molecule has 124 valence electrons. The fraction of sp³-hybridized carbons (Fsp3) is 0.500. The van der Waals surface area contributed by atoms with Crippen molar-refractivity contribution in [2.45, 2.75) is 44.9 Å². The molecule has 1 aromatic rings. The number of hydrogen-bond donors (Lipinski definition) is 1. The normalized spacial score (nSPS) is 16.2. The fourth-order valence-corrected chi connectivity index (χ4v) is 3.38. The second-order valence-corrected chi connectivity index (χ2v) is 6.40. The molecule has 0 radical (unpaired) electrons. The monoisotopic (exact) mass is 313 g/mol. The Bertz CT molecular complexity index is 550. The average Bonchev–Trinajstić information content (AvgIpc) is 2.56. The van der Waals surface area contributed by atoms with Gasteiger partial charge in [0.2, 0.25) is 5.91 Å². The lowest BCUT2D eigenvalue weighted by atomic mass is 9.72. The minimum absolute atomic E-state index is 0.0729. The van der Waals surface area contributed by atoms with Crippen molar-refractivity contribution in [3.63, 3.8) is 0 Å². The minimum Gasteiger partial charge on any atom is -0.497 e. The van der Waals surface area contributed by atoms with Crippen LogP contribution in [0.2, 0.25) is 0 Å². The first-order valence-corrected chi connectivity index (χ1v) is 8.44. The molecule has 1 amide bonds. The molecule has 0 aliphatic heterocycles. The maximum atomic E-state index is 12.1. The molecule has 0 bridgehead atoms. The van der Waals surface area contributed by atoms with E-state index in [2.05, 4.69) is 23.7 Å². The zero-order valence-corrected chi connectivity index (χ0v) is 14.1. The van der Waals surface area contributed by atoms with Crippen LogP contribution in [0, 0.1) is 5.41 Å². The molecule has 1 aliphatic carbocycles. The second kappa shape index (κ2) is 8.59. The molecule has 2 rings (SSSR count). The summed E-state index contributed by atoms with van der Waals surface area (Å²) in [5.41, 5.74) is 4.16. The van der Waals surface area contributed by atoms with Crippen LogP contribution in [0.25, 0.3) is 0 Å². The molecular formula is C20H27NO2. The van der Waals surface area contributed by atoms with Crippen LogP contribution in [-0.4, -0.2) is 19.6 Å². The number of carbonyl (C=O) groups is 1. The van der Waals surface area contributed by atoms with Gasteiger partial charge < -0.3 is 10.1 Å². The van der Waals surface area contributed by atoms with E-state index < -0.39 is 0 Å². The molecule has 0 heterocycles. The molecule has 1 N–H and O–H groups in total. The Morgan fingerprint density at radius 1 is 1.30 bits per heavy atom. The minimum atomic E-state index is 0.0729. The van der Waals surface area contributed by atoms with Crippen LogP contribution in [-0.2, 0) is 11.2 Å². The van der Waals surface area contributed by atoms with Crippen molar-refractivity contribution >= 4 is 5.91 Å². The lowest BCUT2D eigenvalue weighted by Crippen LogP contribution is -2.31. The summed E-state index contributed by atoms with van der Waals surface area (Å²) in [6, 6.07) is 7.63. The summed E-state index contributed by atoms with van der Waals surface area (Å²) < 4.78 is 5.13. The van der Waals surface area contributed by atoms with Crippen LogP contribution in [0.1, 0.15) is 44.1 Å². The van der Waals surface area contributed by atoms with Gasteiger partial charge in [-0.25, -0.2) is 0 Å². The van der Waals surface area contributed by atoms with Crippen LogP contribution in [0.15, 0.2) is 42.7 Å². The number of benzene rings is 1. The Labute approximate surface area is 139 Å². The van der Waals surface area contributed by atoms with Gasteiger partial charge in [0, 0.05) is 6.54 Å². The van der Waals surface area contributed by atoms with E-state index in [1.165, 1.54) is 32.1 Å². The maximum absolute atomic E-state index is 12.1. The SMILES string of the molecule is C=C=CC1(CCNC(=O)Cc2ccc(OC)cc2)CCCCC1. The number of rotatable bonds is 7. The van der Waals surface area contributed by atoms with Crippen molar-refractivity contribution in [3.8, 4) is 5.75 Å². The molecule has 0 saturated heterocycles. The summed E-state index contributed by atoms with van der Waals surface area (Å²) in [6.45, 7) is 4.45. The summed E-state index contributed by atoms with van der Waals surface area (Å²) in [5, 5.41) is 3.05. The smallest absolute Gasteiger partial charge is 0.224 e. The molecule has 1 aliphatic rings. The third kappa shape index (κ3) is 5.30. The number of ether oxygens (including phenoxy) is 1. The number of allylic oxidation sites excluding steroid dienone is 1. The fourth-order valence-electron chi connectivity index (χ4n) is 3.38. The highest BCUT2D eigenvalue weighted by molar-refractivity contribution is 5.78. The largest absolute Gasteiger partial charge is 0.497 e. The van der Waals surface area contributed by atoms with Crippen molar-refractivity contribution < 1.29 is 9.53 Å². The van der Waals surface area contributed by atoms with E-state index in [9.17, 15) is 4.79 Å². The predicted octanol–water partition coefficient (Wildman–Crippen LogP) is 4.04. The summed E-state index contributed by atoms with van der Waals surface area (Å²) >= 11 is 0. The predicted molar refractivity (Wildman–Crippen MR) is 93.6 cm³/mol. The Hall–Kier alpha value is -1.99. The van der Waals surface area contributed by atoms with Crippen molar-refractivity contribution in [3.05, 3.63) is 48.2 Å². The lowest BCUT2D eigenvalue weighted by molar-refractivity contribution is -0.120. The van der Waals surface area contributed by atoms with Crippen LogP contribution < -0.4 is 10.1 Å². The number of methoxy groups -OCH3 is 1. The first kappa shape index (κ1) is 17.4. The highest BCUT2D eigenvalue weighted by Crippen LogP contribution is 2.40. The first-order valence-electron chi connectivity index (χ1n) is 8.44. The van der Waals surface area contributed by atoms with E-state index in [4.69, 9.17) is 4.74 Å². The first-order chi connectivity index (χ1) is 11.2. The van der Waals surface area contributed by atoms with Gasteiger partial charge >= 0.3 is 0 Å². The quantitative estimate of drug-likeness (QED) is 0.772. The molecule has 1 aromatic carbocycles. The van der Waals surface area contributed by atoms with E-state index in [0.717, 1.165) is 17.7 Å². The Morgan fingerprint density at radius 3 is 2.61 bits per heavy atom. The topological polar surface area (TPSA) is 38.3 Å². The van der Waals surface area contributed by atoms with Crippen LogP contribution >= 0.6 is 0 Å². The number of amides is 1. The van der Waals surface area contributed by atoms with E-state index in [0.29, 0.717) is 13.0 Å². The zero-order chi connectivity index (χ0) is 16.5. The Balaban J connectivity index is 1.80. The van der Waals surface area contributed by atoms with Crippen molar-refractivity contribution in [1.82, 2.24) is 5.32 Å². The zero-order valence-electron chi connectivity index (χ0n) is 14.1. The van der Waals surface area contributed by atoms with E-state index in [-0.39, 0.29) is 11.3 Å². The van der Waals surface area contributed by atoms with Gasteiger partial charge in [-0.2, -0.15) is 0 Å². The van der Waals surface area contributed by atoms with Gasteiger partial charge in [0.25, 0.3) is 0 Å². The van der Waals surface area contributed by atoms with Gasteiger partial charge in [-0.1, -0.05) is 38.0 Å². The van der Waals surface area contributed by atoms with Crippen LogP contribution in [0.4, 0.5) is 0 Å². The summed E-state index contributed by atoms with van der Waals surface area (Å²) in [7, 11) is 1.64. The molecule has 3 heteroatoms. The third-order valence-electron chi connectivity index (χ3n) is 4.73. The van der Waals surface area contributed by atoms with Gasteiger partial charge in [0.05, 0.1) is 13.5 Å². The van der Waals surface area contributed by atoms with Crippen molar-refractivity contribution in [2.24, 2.45) is 5.41 Å². The van der Waals surface area contributed by atoms with Crippen molar-refractivity contribution in [2.75, 3.05) is 13.7 Å². The van der Waals surface area contributed by atoms with Crippen LogP contribution in [0.5, 0.6) is 5.75 Å². The molecule has 1 saturated carbocycles. The summed E-state index contributed by atoms with van der Waals surface area (Å²) in [5.74, 6) is 0.883.